The van der Waals surface area contributed by atoms with Crippen LogP contribution in [0, 0.1) is 0 Å². The number of rotatable bonds is 7. The number of hydrogen-bond donors (Lipinski definition) is 1. The molecule has 0 spiro atoms. The standard InChI is InChI=1S/C14H17NO3S2/c1-18-11-13(10-12-6-3-2-4-7-12)15-20(16,17)14-8-5-9-19-14/h2-9,13,15H,10-11H2,1H3/t13-/m0/s1. The molecule has 0 saturated heterocycles. The van der Waals surface area contributed by atoms with Crippen LogP contribution in [0.1, 0.15) is 5.56 Å². The molecule has 2 rings (SSSR count). The fraction of sp³-hybridized carbons (Fsp3) is 0.286. The van der Waals surface area contributed by atoms with Crippen molar-refractivity contribution in [3.05, 3.63) is 53.4 Å². The van der Waals surface area contributed by atoms with Crippen molar-refractivity contribution in [3.8, 4) is 0 Å². The summed E-state index contributed by atoms with van der Waals surface area (Å²) in [6.07, 6.45) is 0.597. The molecule has 1 aromatic carbocycles. The summed E-state index contributed by atoms with van der Waals surface area (Å²) in [5.74, 6) is 0. The van der Waals surface area contributed by atoms with Crippen LogP contribution in [0.5, 0.6) is 0 Å². The summed E-state index contributed by atoms with van der Waals surface area (Å²) >= 11 is 1.20. The van der Waals surface area contributed by atoms with Crippen LogP contribution in [0.25, 0.3) is 0 Å². The van der Waals surface area contributed by atoms with Gasteiger partial charge in [-0.2, -0.15) is 0 Å². The Morgan fingerprint density at radius 2 is 1.95 bits per heavy atom. The van der Waals surface area contributed by atoms with Crippen molar-refractivity contribution in [2.24, 2.45) is 0 Å². The molecule has 0 unspecified atom stereocenters. The van der Waals surface area contributed by atoms with Crippen LogP contribution in [0.2, 0.25) is 0 Å². The Kier molecular flexibility index (Phi) is 5.31. The zero-order chi connectivity index (χ0) is 14.4. The first-order chi connectivity index (χ1) is 9.62. The summed E-state index contributed by atoms with van der Waals surface area (Å²) in [6, 6.07) is 12.8. The first-order valence-electron chi connectivity index (χ1n) is 6.20. The van der Waals surface area contributed by atoms with E-state index in [1.807, 2.05) is 30.3 Å². The fourth-order valence-corrected chi connectivity index (χ4v) is 4.16. The molecule has 2 aromatic rings. The first kappa shape index (κ1) is 15.2. The maximum Gasteiger partial charge on any atom is 0.250 e. The van der Waals surface area contributed by atoms with Gasteiger partial charge >= 0.3 is 0 Å². The maximum absolute atomic E-state index is 12.2. The molecular formula is C14H17NO3S2. The Morgan fingerprint density at radius 3 is 2.55 bits per heavy atom. The topological polar surface area (TPSA) is 55.4 Å². The van der Waals surface area contributed by atoms with Gasteiger partial charge in [0.1, 0.15) is 4.21 Å². The van der Waals surface area contributed by atoms with Crippen molar-refractivity contribution in [3.63, 3.8) is 0 Å². The minimum atomic E-state index is -3.47. The van der Waals surface area contributed by atoms with Crippen LogP contribution < -0.4 is 4.72 Å². The lowest BCUT2D eigenvalue weighted by molar-refractivity contribution is 0.174. The quantitative estimate of drug-likeness (QED) is 0.853. The number of nitrogens with one attached hydrogen (secondary N) is 1. The van der Waals surface area contributed by atoms with E-state index in [9.17, 15) is 8.42 Å². The Labute approximate surface area is 123 Å². The van der Waals surface area contributed by atoms with Gasteiger partial charge in [0.2, 0.25) is 10.0 Å². The minimum absolute atomic E-state index is 0.283. The molecule has 20 heavy (non-hydrogen) atoms. The highest BCUT2D eigenvalue weighted by atomic mass is 32.2. The lowest BCUT2D eigenvalue weighted by atomic mass is 10.1. The van der Waals surface area contributed by atoms with E-state index >= 15 is 0 Å². The van der Waals surface area contributed by atoms with Gasteiger partial charge < -0.3 is 4.74 Å². The lowest BCUT2D eigenvalue weighted by Gasteiger charge is -2.17. The molecule has 0 aliphatic heterocycles. The molecule has 0 radical (unpaired) electrons. The molecule has 0 aliphatic carbocycles. The summed E-state index contributed by atoms with van der Waals surface area (Å²) in [7, 11) is -1.90. The van der Waals surface area contributed by atoms with Crippen LogP contribution in [0.15, 0.2) is 52.1 Å². The minimum Gasteiger partial charge on any atom is -0.383 e. The smallest absolute Gasteiger partial charge is 0.250 e. The maximum atomic E-state index is 12.2. The van der Waals surface area contributed by atoms with E-state index < -0.39 is 10.0 Å². The Hall–Kier alpha value is -1.21. The highest BCUT2D eigenvalue weighted by Gasteiger charge is 2.21. The Balaban J connectivity index is 2.10. The zero-order valence-electron chi connectivity index (χ0n) is 11.2. The summed E-state index contributed by atoms with van der Waals surface area (Å²) in [4.78, 5) is 0. The van der Waals surface area contributed by atoms with Gasteiger partial charge in [-0.15, -0.1) is 11.3 Å². The Morgan fingerprint density at radius 1 is 1.20 bits per heavy atom. The van der Waals surface area contributed by atoms with E-state index in [2.05, 4.69) is 4.72 Å². The monoisotopic (exact) mass is 311 g/mol. The van der Waals surface area contributed by atoms with Crippen LogP contribution >= 0.6 is 11.3 Å². The Bertz CT molecular complexity index is 609. The molecule has 1 heterocycles. The molecule has 4 nitrogen and oxygen atoms in total. The first-order valence-corrected chi connectivity index (χ1v) is 8.57. The number of sulfonamides is 1. The fourth-order valence-electron chi connectivity index (χ4n) is 1.93. The molecule has 6 heteroatoms. The second-order valence-electron chi connectivity index (χ2n) is 4.40. The van der Waals surface area contributed by atoms with Crippen LogP contribution in [-0.2, 0) is 21.2 Å². The number of methoxy groups -OCH3 is 1. The summed E-state index contributed by atoms with van der Waals surface area (Å²) in [5.41, 5.74) is 1.07. The zero-order valence-corrected chi connectivity index (χ0v) is 12.8. The normalized spacial score (nSPS) is 13.2. The van der Waals surface area contributed by atoms with Crippen molar-refractivity contribution < 1.29 is 13.2 Å². The summed E-state index contributed by atoms with van der Waals surface area (Å²) in [5, 5.41) is 1.75. The van der Waals surface area contributed by atoms with Crippen LogP contribution in [-0.4, -0.2) is 28.2 Å². The van der Waals surface area contributed by atoms with Crippen molar-refractivity contribution in [2.75, 3.05) is 13.7 Å². The van der Waals surface area contributed by atoms with Crippen molar-refractivity contribution in [2.45, 2.75) is 16.7 Å². The molecular weight excluding hydrogens is 294 g/mol. The summed E-state index contributed by atoms with van der Waals surface area (Å²) in [6.45, 7) is 0.333. The molecule has 0 bridgehead atoms. The predicted molar refractivity (Wildman–Crippen MR) is 80.5 cm³/mol. The van der Waals surface area contributed by atoms with E-state index in [0.717, 1.165) is 5.56 Å². The second-order valence-corrected chi connectivity index (χ2v) is 7.28. The molecule has 1 N–H and O–H groups in total. The molecule has 0 amide bonds. The molecule has 108 valence electrons. The molecule has 0 fully saturated rings. The number of thiophene rings is 1. The van der Waals surface area contributed by atoms with Gasteiger partial charge in [-0.05, 0) is 23.4 Å². The van der Waals surface area contributed by atoms with Gasteiger partial charge in [-0.1, -0.05) is 36.4 Å². The third-order valence-corrected chi connectivity index (χ3v) is 5.69. The third kappa shape index (κ3) is 4.14. The third-order valence-electron chi connectivity index (χ3n) is 2.77. The summed E-state index contributed by atoms with van der Waals surface area (Å²) < 4.78 is 32.6. The molecule has 1 aromatic heterocycles. The highest BCUT2D eigenvalue weighted by Crippen LogP contribution is 2.16. The van der Waals surface area contributed by atoms with Crippen molar-refractivity contribution >= 4 is 21.4 Å². The van der Waals surface area contributed by atoms with Gasteiger partial charge in [-0.3, -0.25) is 0 Å². The highest BCUT2D eigenvalue weighted by molar-refractivity contribution is 7.91. The van der Waals surface area contributed by atoms with E-state index in [-0.39, 0.29) is 6.04 Å². The number of ether oxygens (including phenoxy) is 1. The molecule has 0 saturated carbocycles. The van der Waals surface area contributed by atoms with E-state index in [1.165, 1.54) is 11.3 Å². The number of hydrogen-bond acceptors (Lipinski definition) is 4. The van der Waals surface area contributed by atoms with E-state index in [0.29, 0.717) is 17.2 Å². The van der Waals surface area contributed by atoms with Gasteiger partial charge in [0, 0.05) is 13.2 Å². The average molecular weight is 311 g/mol. The average Bonchev–Trinajstić information content (AvgIpc) is 2.94. The molecule has 0 aliphatic rings. The van der Waals surface area contributed by atoms with Gasteiger partial charge in [-0.25, -0.2) is 13.1 Å². The van der Waals surface area contributed by atoms with Gasteiger partial charge in [0.15, 0.2) is 0 Å². The molecule has 1 atom stereocenters. The van der Waals surface area contributed by atoms with Crippen LogP contribution in [0.3, 0.4) is 0 Å². The van der Waals surface area contributed by atoms with Gasteiger partial charge in [0.25, 0.3) is 0 Å². The van der Waals surface area contributed by atoms with Crippen LogP contribution in [0.4, 0.5) is 0 Å². The SMILES string of the molecule is COC[C@H](Cc1ccccc1)NS(=O)(=O)c1cccs1. The van der Waals surface area contributed by atoms with Crippen molar-refractivity contribution in [1.82, 2.24) is 4.72 Å². The number of benzene rings is 1. The largest absolute Gasteiger partial charge is 0.383 e. The predicted octanol–water partition coefficient (Wildman–Crippen LogP) is 2.28. The second kappa shape index (κ2) is 6.99. The lowest BCUT2D eigenvalue weighted by Crippen LogP contribution is -2.39. The van der Waals surface area contributed by atoms with Crippen molar-refractivity contribution in [1.29, 1.82) is 0 Å². The van der Waals surface area contributed by atoms with E-state index in [4.69, 9.17) is 4.74 Å². The van der Waals surface area contributed by atoms with Gasteiger partial charge in [0.05, 0.1) is 6.61 Å². The van der Waals surface area contributed by atoms with E-state index in [1.54, 1.807) is 24.6 Å².